The summed E-state index contributed by atoms with van der Waals surface area (Å²) in [6.07, 6.45) is 6.50. The van der Waals surface area contributed by atoms with Gasteiger partial charge in [-0.15, -0.1) is 0 Å². The predicted octanol–water partition coefficient (Wildman–Crippen LogP) is 3.33. The quantitative estimate of drug-likeness (QED) is 0.503. The number of nitrogens with one attached hydrogen (secondary N) is 1. The molecule has 0 fully saturated rings. The van der Waals surface area contributed by atoms with Gasteiger partial charge >= 0.3 is 0 Å². The van der Waals surface area contributed by atoms with Crippen molar-refractivity contribution >= 4 is 15.9 Å². The van der Waals surface area contributed by atoms with Gasteiger partial charge in [0.2, 0.25) is 0 Å². The lowest BCUT2D eigenvalue weighted by Gasteiger charge is -2.13. The Balaban J connectivity index is 3.06. The summed E-state index contributed by atoms with van der Waals surface area (Å²) in [6, 6.07) is 0.744. The van der Waals surface area contributed by atoms with E-state index in [0.29, 0.717) is 0 Å². The molecule has 0 bridgehead atoms. The molecular weight excluding hydrogens is 214 g/mol. The summed E-state index contributed by atoms with van der Waals surface area (Å²) < 4.78 is 0. The van der Waals surface area contributed by atoms with E-state index in [9.17, 15) is 0 Å². The van der Waals surface area contributed by atoms with Crippen molar-refractivity contribution in [3.63, 3.8) is 0 Å². The monoisotopic (exact) mass is 235 g/mol. The fourth-order valence-electron chi connectivity index (χ4n) is 1.28. The highest BCUT2D eigenvalue weighted by Gasteiger charge is 1.99. The summed E-state index contributed by atoms with van der Waals surface area (Å²) in [5, 5.41) is 4.71. The van der Waals surface area contributed by atoms with Gasteiger partial charge < -0.3 is 5.32 Å². The summed E-state index contributed by atoms with van der Waals surface area (Å²) in [7, 11) is 0. The molecule has 2 heteroatoms. The predicted molar refractivity (Wildman–Crippen MR) is 60.0 cm³/mol. The molecule has 0 aliphatic rings. The second-order valence-electron chi connectivity index (χ2n) is 3.22. The van der Waals surface area contributed by atoms with Crippen molar-refractivity contribution in [3.05, 3.63) is 0 Å². The molecule has 0 amide bonds. The second kappa shape index (κ2) is 9.53. The Labute approximate surface area is 85.4 Å². The van der Waals surface area contributed by atoms with Crippen molar-refractivity contribution < 1.29 is 0 Å². The van der Waals surface area contributed by atoms with Crippen LogP contribution in [-0.4, -0.2) is 17.9 Å². The van der Waals surface area contributed by atoms with Gasteiger partial charge in [-0.3, -0.25) is 0 Å². The zero-order valence-electron chi connectivity index (χ0n) is 8.41. The molecule has 0 heterocycles. The van der Waals surface area contributed by atoms with Gasteiger partial charge in [0.1, 0.15) is 0 Å². The fraction of sp³-hybridized carbons (Fsp3) is 1.00. The SMILES string of the molecule is CCC(CC)NCCCCCBr. The highest BCUT2D eigenvalue weighted by atomic mass is 79.9. The first-order valence-corrected chi connectivity index (χ1v) is 6.26. The Morgan fingerprint density at radius 1 is 1.08 bits per heavy atom. The van der Waals surface area contributed by atoms with Gasteiger partial charge in [0, 0.05) is 11.4 Å². The summed E-state index contributed by atoms with van der Waals surface area (Å²) in [4.78, 5) is 0. The maximum Gasteiger partial charge on any atom is 0.00618 e. The Kier molecular flexibility index (Phi) is 9.88. The smallest absolute Gasteiger partial charge is 0.00618 e. The zero-order valence-corrected chi connectivity index (χ0v) is 9.99. The minimum absolute atomic E-state index is 0.744. The number of halogens is 1. The van der Waals surface area contributed by atoms with Crippen LogP contribution in [0.3, 0.4) is 0 Å². The number of alkyl halides is 1. The van der Waals surface area contributed by atoms with E-state index >= 15 is 0 Å². The maximum atomic E-state index is 3.56. The Bertz CT molecular complexity index is 81.9. The summed E-state index contributed by atoms with van der Waals surface area (Å²) in [6.45, 7) is 5.69. The fourth-order valence-corrected chi connectivity index (χ4v) is 1.68. The second-order valence-corrected chi connectivity index (χ2v) is 4.01. The molecule has 74 valence electrons. The summed E-state index contributed by atoms with van der Waals surface area (Å²) in [5.41, 5.74) is 0. The van der Waals surface area contributed by atoms with E-state index in [4.69, 9.17) is 0 Å². The standard InChI is InChI=1S/C10H22BrN/c1-3-10(4-2)12-9-7-5-6-8-11/h10,12H,3-9H2,1-2H3. The van der Waals surface area contributed by atoms with Crippen LogP contribution in [0, 0.1) is 0 Å². The van der Waals surface area contributed by atoms with Gasteiger partial charge in [0.25, 0.3) is 0 Å². The van der Waals surface area contributed by atoms with Crippen molar-refractivity contribution in [2.45, 2.75) is 52.0 Å². The molecule has 0 aromatic rings. The minimum atomic E-state index is 0.744. The molecule has 0 saturated heterocycles. The van der Waals surface area contributed by atoms with E-state index in [-0.39, 0.29) is 0 Å². The lowest BCUT2D eigenvalue weighted by atomic mass is 10.1. The Morgan fingerprint density at radius 2 is 1.75 bits per heavy atom. The maximum absolute atomic E-state index is 3.56. The first-order valence-electron chi connectivity index (χ1n) is 5.14. The van der Waals surface area contributed by atoms with E-state index < -0.39 is 0 Å². The van der Waals surface area contributed by atoms with Crippen molar-refractivity contribution in [2.24, 2.45) is 0 Å². The lowest BCUT2D eigenvalue weighted by Crippen LogP contribution is -2.28. The molecule has 0 aliphatic heterocycles. The number of rotatable bonds is 8. The van der Waals surface area contributed by atoms with Gasteiger partial charge in [-0.1, -0.05) is 36.2 Å². The minimum Gasteiger partial charge on any atom is -0.314 e. The van der Waals surface area contributed by atoms with Gasteiger partial charge in [-0.05, 0) is 32.2 Å². The van der Waals surface area contributed by atoms with Gasteiger partial charge in [-0.2, -0.15) is 0 Å². The molecule has 0 spiro atoms. The van der Waals surface area contributed by atoms with Crippen molar-refractivity contribution in [3.8, 4) is 0 Å². The van der Waals surface area contributed by atoms with E-state index in [1.165, 1.54) is 38.6 Å². The average molecular weight is 236 g/mol. The van der Waals surface area contributed by atoms with Crippen LogP contribution in [-0.2, 0) is 0 Å². The van der Waals surface area contributed by atoms with E-state index in [1.54, 1.807) is 0 Å². The third kappa shape index (κ3) is 7.11. The first kappa shape index (κ1) is 12.4. The third-order valence-electron chi connectivity index (χ3n) is 2.23. The molecule has 0 atom stereocenters. The van der Waals surface area contributed by atoms with Crippen LogP contribution < -0.4 is 5.32 Å². The van der Waals surface area contributed by atoms with Crippen LogP contribution in [0.25, 0.3) is 0 Å². The Morgan fingerprint density at radius 3 is 2.25 bits per heavy atom. The molecule has 0 radical (unpaired) electrons. The summed E-state index contributed by atoms with van der Waals surface area (Å²) >= 11 is 3.44. The van der Waals surface area contributed by atoms with Crippen LogP contribution in [0.4, 0.5) is 0 Å². The van der Waals surface area contributed by atoms with Crippen molar-refractivity contribution in [2.75, 3.05) is 11.9 Å². The largest absolute Gasteiger partial charge is 0.314 e. The molecule has 0 saturated carbocycles. The molecule has 0 aromatic heterocycles. The molecule has 0 rings (SSSR count). The van der Waals surface area contributed by atoms with Crippen molar-refractivity contribution in [1.29, 1.82) is 0 Å². The highest BCUT2D eigenvalue weighted by Crippen LogP contribution is 1.99. The normalized spacial score (nSPS) is 11.0. The van der Waals surface area contributed by atoms with Gasteiger partial charge in [-0.25, -0.2) is 0 Å². The van der Waals surface area contributed by atoms with Crippen molar-refractivity contribution in [1.82, 2.24) is 5.32 Å². The van der Waals surface area contributed by atoms with Crippen LogP contribution in [0.1, 0.15) is 46.0 Å². The van der Waals surface area contributed by atoms with Gasteiger partial charge in [0.15, 0.2) is 0 Å². The van der Waals surface area contributed by atoms with E-state index in [1.807, 2.05) is 0 Å². The first-order chi connectivity index (χ1) is 5.85. The molecule has 0 aliphatic carbocycles. The zero-order chi connectivity index (χ0) is 9.23. The topological polar surface area (TPSA) is 12.0 Å². The van der Waals surface area contributed by atoms with Crippen LogP contribution in [0.15, 0.2) is 0 Å². The molecular formula is C10H22BrN. The van der Waals surface area contributed by atoms with Gasteiger partial charge in [0.05, 0.1) is 0 Å². The highest BCUT2D eigenvalue weighted by molar-refractivity contribution is 9.09. The molecule has 0 unspecified atom stereocenters. The lowest BCUT2D eigenvalue weighted by molar-refractivity contribution is 0.473. The number of hydrogen-bond donors (Lipinski definition) is 1. The molecule has 12 heavy (non-hydrogen) atoms. The molecule has 0 aromatic carbocycles. The number of hydrogen-bond acceptors (Lipinski definition) is 1. The molecule has 1 N–H and O–H groups in total. The van der Waals surface area contributed by atoms with Crippen LogP contribution in [0.5, 0.6) is 0 Å². The number of unbranched alkanes of at least 4 members (excludes halogenated alkanes) is 2. The Hall–Kier alpha value is 0.440. The van der Waals surface area contributed by atoms with E-state index in [2.05, 4.69) is 35.1 Å². The van der Waals surface area contributed by atoms with E-state index in [0.717, 1.165) is 11.4 Å². The summed E-state index contributed by atoms with van der Waals surface area (Å²) in [5.74, 6) is 0. The van der Waals surface area contributed by atoms with Crippen LogP contribution >= 0.6 is 15.9 Å². The van der Waals surface area contributed by atoms with Crippen LogP contribution in [0.2, 0.25) is 0 Å². The third-order valence-corrected chi connectivity index (χ3v) is 2.79. The average Bonchev–Trinajstić information content (AvgIpc) is 2.11. The molecule has 1 nitrogen and oxygen atoms in total.